The van der Waals surface area contributed by atoms with Gasteiger partial charge in [-0.2, -0.15) is 0 Å². The van der Waals surface area contributed by atoms with E-state index in [4.69, 9.17) is 0 Å². The molecule has 0 radical (unpaired) electrons. The molecule has 2 rings (SSSR count). The molecule has 0 saturated carbocycles. The lowest BCUT2D eigenvalue weighted by Crippen LogP contribution is -2.24. The topological polar surface area (TPSA) is 46.2 Å². The summed E-state index contributed by atoms with van der Waals surface area (Å²) in [6.07, 6.45) is 4.77. The maximum atomic E-state index is 12.3. The summed E-state index contributed by atoms with van der Waals surface area (Å²) in [7, 11) is 0. The van der Waals surface area contributed by atoms with Gasteiger partial charge in [-0.15, -0.1) is 0 Å². The quantitative estimate of drug-likeness (QED) is 0.502. The number of benzene rings is 2. The van der Waals surface area contributed by atoms with Crippen molar-refractivity contribution in [3.63, 3.8) is 0 Å². The van der Waals surface area contributed by atoms with Gasteiger partial charge < -0.3 is 5.32 Å². The van der Waals surface area contributed by atoms with E-state index in [1.165, 1.54) is 0 Å². The summed E-state index contributed by atoms with van der Waals surface area (Å²) in [5.41, 5.74) is 1.79. The molecule has 1 amide bonds. The normalized spacial score (nSPS) is 10.6. The Morgan fingerprint density at radius 3 is 2.14 bits per heavy atom. The van der Waals surface area contributed by atoms with E-state index in [-0.39, 0.29) is 11.7 Å². The average molecular weight is 293 g/mol. The van der Waals surface area contributed by atoms with Crippen LogP contribution in [0.2, 0.25) is 0 Å². The number of nitrogens with one attached hydrogen (secondary N) is 1. The van der Waals surface area contributed by atoms with Gasteiger partial charge in [0.1, 0.15) is 0 Å². The van der Waals surface area contributed by atoms with Crippen molar-refractivity contribution in [2.45, 2.75) is 13.3 Å². The molecule has 0 aromatic heterocycles. The number of carbonyl (C=O) groups excluding carboxylic acids is 2. The largest absolute Gasteiger partial charge is 0.352 e. The number of allylic oxidation sites excluding steroid dienone is 1. The maximum Gasteiger partial charge on any atom is 0.251 e. The highest BCUT2D eigenvalue weighted by Crippen LogP contribution is 2.11. The SMILES string of the molecule is CC=CCCNC(=O)c1ccc(C(=O)c2ccccc2)cc1. The van der Waals surface area contributed by atoms with Gasteiger partial charge in [0.15, 0.2) is 5.78 Å². The van der Waals surface area contributed by atoms with Gasteiger partial charge in [0.2, 0.25) is 0 Å². The van der Waals surface area contributed by atoms with Crippen molar-refractivity contribution in [3.8, 4) is 0 Å². The number of hydrogen-bond donors (Lipinski definition) is 1. The van der Waals surface area contributed by atoms with Gasteiger partial charge >= 0.3 is 0 Å². The standard InChI is InChI=1S/C19H19NO2/c1-2-3-7-14-20-19(22)17-12-10-16(11-13-17)18(21)15-8-5-4-6-9-15/h2-6,8-13H,7,14H2,1H3,(H,20,22). The van der Waals surface area contributed by atoms with E-state index >= 15 is 0 Å². The highest BCUT2D eigenvalue weighted by Gasteiger charge is 2.10. The lowest BCUT2D eigenvalue weighted by Gasteiger charge is -2.05. The maximum absolute atomic E-state index is 12.3. The van der Waals surface area contributed by atoms with Crippen molar-refractivity contribution >= 4 is 11.7 Å². The van der Waals surface area contributed by atoms with E-state index in [9.17, 15) is 9.59 Å². The zero-order valence-corrected chi connectivity index (χ0v) is 12.6. The predicted octanol–water partition coefficient (Wildman–Crippen LogP) is 3.61. The van der Waals surface area contributed by atoms with Gasteiger partial charge in [0, 0.05) is 23.2 Å². The van der Waals surface area contributed by atoms with Crippen molar-refractivity contribution in [1.29, 1.82) is 0 Å². The predicted molar refractivity (Wildman–Crippen MR) is 88.1 cm³/mol. The Morgan fingerprint density at radius 2 is 1.50 bits per heavy atom. The molecule has 0 bridgehead atoms. The van der Waals surface area contributed by atoms with Crippen LogP contribution in [0.4, 0.5) is 0 Å². The molecule has 112 valence electrons. The molecule has 22 heavy (non-hydrogen) atoms. The van der Waals surface area contributed by atoms with Crippen LogP contribution in [0.5, 0.6) is 0 Å². The molecule has 0 aliphatic heterocycles. The van der Waals surface area contributed by atoms with Crippen molar-refractivity contribution in [1.82, 2.24) is 5.32 Å². The molecule has 3 nitrogen and oxygen atoms in total. The Hall–Kier alpha value is -2.68. The number of hydrogen-bond acceptors (Lipinski definition) is 2. The van der Waals surface area contributed by atoms with Crippen LogP contribution in [0.25, 0.3) is 0 Å². The second kappa shape index (κ2) is 7.93. The summed E-state index contributed by atoms with van der Waals surface area (Å²) >= 11 is 0. The van der Waals surface area contributed by atoms with Crippen LogP contribution in [-0.4, -0.2) is 18.2 Å². The van der Waals surface area contributed by atoms with E-state index < -0.39 is 0 Å². The molecule has 0 fully saturated rings. The van der Waals surface area contributed by atoms with Gasteiger partial charge in [-0.25, -0.2) is 0 Å². The van der Waals surface area contributed by atoms with E-state index in [0.29, 0.717) is 23.2 Å². The number of rotatable bonds is 6. The molecule has 0 aliphatic carbocycles. The van der Waals surface area contributed by atoms with Crippen LogP contribution < -0.4 is 5.32 Å². The molecular formula is C19H19NO2. The minimum Gasteiger partial charge on any atom is -0.352 e. The molecule has 0 spiro atoms. The first-order valence-corrected chi connectivity index (χ1v) is 7.31. The Morgan fingerprint density at radius 1 is 0.909 bits per heavy atom. The first-order chi connectivity index (χ1) is 10.7. The number of amides is 1. The molecule has 2 aromatic carbocycles. The molecule has 0 unspecified atom stereocenters. The van der Waals surface area contributed by atoms with E-state index in [0.717, 1.165) is 6.42 Å². The van der Waals surface area contributed by atoms with Crippen LogP contribution in [0.1, 0.15) is 39.6 Å². The van der Waals surface area contributed by atoms with Crippen molar-refractivity contribution in [2.75, 3.05) is 6.54 Å². The molecule has 1 N–H and O–H groups in total. The van der Waals surface area contributed by atoms with Gasteiger partial charge in [0.05, 0.1) is 0 Å². The van der Waals surface area contributed by atoms with E-state index in [1.807, 2.05) is 37.3 Å². The highest BCUT2D eigenvalue weighted by molar-refractivity contribution is 6.09. The molecule has 0 heterocycles. The summed E-state index contributed by atoms with van der Waals surface area (Å²) < 4.78 is 0. The summed E-state index contributed by atoms with van der Waals surface area (Å²) in [5, 5.41) is 2.84. The minimum atomic E-state index is -0.122. The van der Waals surface area contributed by atoms with Crippen molar-refractivity contribution in [3.05, 3.63) is 83.4 Å². The van der Waals surface area contributed by atoms with Crippen LogP contribution in [-0.2, 0) is 0 Å². The summed E-state index contributed by atoms with van der Waals surface area (Å²) in [5.74, 6) is -0.163. The second-order valence-electron chi connectivity index (χ2n) is 4.89. The monoisotopic (exact) mass is 293 g/mol. The summed E-state index contributed by atoms with van der Waals surface area (Å²) in [6, 6.07) is 15.8. The van der Waals surface area contributed by atoms with Gasteiger partial charge in [0.25, 0.3) is 5.91 Å². The molecule has 0 atom stereocenters. The summed E-state index contributed by atoms with van der Waals surface area (Å²) in [6.45, 7) is 2.55. The molecule has 0 saturated heterocycles. The fourth-order valence-electron chi connectivity index (χ4n) is 2.07. The number of carbonyl (C=O) groups is 2. The minimum absolute atomic E-state index is 0.0411. The van der Waals surface area contributed by atoms with Crippen LogP contribution in [0.15, 0.2) is 66.7 Å². The third-order valence-electron chi connectivity index (χ3n) is 3.28. The van der Waals surface area contributed by atoms with E-state index in [1.54, 1.807) is 36.4 Å². The fourth-order valence-corrected chi connectivity index (χ4v) is 2.07. The lowest BCUT2D eigenvalue weighted by atomic mass is 10.0. The average Bonchev–Trinajstić information content (AvgIpc) is 2.59. The first-order valence-electron chi connectivity index (χ1n) is 7.31. The van der Waals surface area contributed by atoms with Crippen molar-refractivity contribution < 1.29 is 9.59 Å². The third-order valence-corrected chi connectivity index (χ3v) is 3.28. The van der Waals surface area contributed by atoms with Crippen molar-refractivity contribution in [2.24, 2.45) is 0 Å². The van der Waals surface area contributed by atoms with Gasteiger partial charge in [-0.1, -0.05) is 54.6 Å². The molecule has 2 aromatic rings. The molecule has 3 heteroatoms. The second-order valence-corrected chi connectivity index (χ2v) is 4.89. The Kier molecular flexibility index (Phi) is 5.66. The van der Waals surface area contributed by atoms with Gasteiger partial charge in [-0.05, 0) is 25.5 Å². The smallest absolute Gasteiger partial charge is 0.251 e. The molecular weight excluding hydrogens is 274 g/mol. The van der Waals surface area contributed by atoms with Crippen LogP contribution in [0, 0.1) is 0 Å². The van der Waals surface area contributed by atoms with Crippen LogP contribution in [0.3, 0.4) is 0 Å². The van der Waals surface area contributed by atoms with E-state index in [2.05, 4.69) is 5.32 Å². The summed E-state index contributed by atoms with van der Waals surface area (Å²) in [4.78, 5) is 24.2. The number of ketones is 1. The zero-order valence-electron chi connectivity index (χ0n) is 12.6. The Balaban J connectivity index is 2.01. The zero-order chi connectivity index (χ0) is 15.8. The van der Waals surface area contributed by atoms with Crippen LogP contribution >= 0.6 is 0 Å². The Labute approximate surface area is 130 Å². The molecule has 0 aliphatic rings. The first kappa shape index (κ1) is 15.7. The Bertz CT molecular complexity index is 658. The lowest BCUT2D eigenvalue weighted by molar-refractivity contribution is 0.0952. The third kappa shape index (κ3) is 4.16. The van der Waals surface area contributed by atoms with Gasteiger partial charge in [-0.3, -0.25) is 9.59 Å². The fraction of sp³-hybridized carbons (Fsp3) is 0.158. The highest BCUT2D eigenvalue weighted by atomic mass is 16.1.